The Kier molecular flexibility index (Phi) is 1.70. The van der Waals surface area contributed by atoms with Crippen LogP contribution in [0, 0.1) is 5.82 Å². The zero-order chi connectivity index (χ0) is 11.1. The number of H-pyrrole nitrogens is 1. The molecule has 16 heavy (non-hydrogen) atoms. The Hall–Kier alpha value is -2.37. The molecule has 0 spiro atoms. The molecule has 0 fully saturated rings. The van der Waals surface area contributed by atoms with Crippen molar-refractivity contribution in [2.75, 3.05) is 5.73 Å². The van der Waals surface area contributed by atoms with Crippen LogP contribution in [0.5, 0.6) is 0 Å². The van der Waals surface area contributed by atoms with Crippen LogP contribution >= 0.6 is 0 Å². The molecule has 0 saturated heterocycles. The molecule has 3 rings (SSSR count). The lowest BCUT2D eigenvalue weighted by Crippen LogP contribution is -1.81. The Morgan fingerprint density at radius 1 is 1.31 bits per heavy atom. The van der Waals surface area contributed by atoms with Crippen LogP contribution in [0.1, 0.15) is 0 Å². The smallest absolute Gasteiger partial charge is 0.313 e. The topological polar surface area (TPSA) is 80.7 Å². The van der Waals surface area contributed by atoms with Gasteiger partial charge in [0.25, 0.3) is 5.89 Å². The first-order valence-corrected chi connectivity index (χ1v) is 4.60. The maximum Gasteiger partial charge on any atom is 0.313 e. The third-order valence-electron chi connectivity index (χ3n) is 2.28. The molecule has 2 heterocycles. The van der Waals surface area contributed by atoms with Crippen LogP contribution in [0.15, 0.2) is 28.7 Å². The lowest BCUT2D eigenvalue weighted by atomic mass is 10.2. The number of nitrogens with two attached hydrogens (primary N) is 1. The van der Waals surface area contributed by atoms with Crippen LogP contribution in [0.3, 0.4) is 0 Å². The van der Waals surface area contributed by atoms with E-state index in [1.165, 1.54) is 6.07 Å². The highest BCUT2D eigenvalue weighted by Gasteiger charge is 2.11. The first-order chi connectivity index (χ1) is 7.74. The van der Waals surface area contributed by atoms with Gasteiger partial charge in [0.15, 0.2) is 0 Å². The van der Waals surface area contributed by atoms with Crippen LogP contribution in [0.25, 0.3) is 22.5 Å². The quantitative estimate of drug-likeness (QED) is 0.654. The number of hydrogen-bond acceptors (Lipinski definition) is 4. The van der Waals surface area contributed by atoms with Crippen LogP contribution in [0.4, 0.5) is 10.4 Å². The molecule has 1 aromatic carbocycles. The number of aromatic nitrogens is 3. The van der Waals surface area contributed by atoms with Gasteiger partial charge in [0, 0.05) is 10.9 Å². The maximum atomic E-state index is 13.4. The number of rotatable bonds is 1. The fourth-order valence-corrected chi connectivity index (χ4v) is 1.58. The van der Waals surface area contributed by atoms with E-state index in [1.807, 2.05) is 0 Å². The van der Waals surface area contributed by atoms with Crippen molar-refractivity contribution in [1.29, 1.82) is 0 Å². The molecule has 6 heteroatoms. The molecule has 0 atom stereocenters. The maximum absolute atomic E-state index is 13.4. The standard InChI is InChI=1S/C10H7FN4O/c11-6-2-1-3-7-5(6)4-8(13-7)9-14-15-10(12)16-9/h1-4,13H,(H2,12,15). The van der Waals surface area contributed by atoms with Crippen molar-refractivity contribution in [2.24, 2.45) is 0 Å². The first kappa shape index (κ1) is 8.90. The summed E-state index contributed by atoms with van der Waals surface area (Å²) in [6, 6.07) is 6.37. The van der Waals surface area contributed by atoms with Gasteiger partial charge in [-0.25, -0.2) is 4.39 Å². The normalized spacial score (nSPS) is 11.1. The number of anilines is 1. The number of halogens is 1. The van der Waals surface area contributed by atoms with E-state index in [0.29, 0.717) is 16.6 Å². The number of nitrogens with one attached hydrogen (secondary N) is 1. The Morgan fingerprint density at radius 2 is 2.19 bits per heavy atom. The van der Waals surface area contributed by atoms with E-state index in [9.17, 15) is 4.39 Å². The minimum absolute atomic E-state index is 0.0193. The van der Waals surface area contributed by atoms with Gasteiger partial charge >= 0.3 is 6.01 Å². The van der Waals surface area contributed by atoms with E-state index < -0.39 is 0 Å². The van der Waals surface area contributed by atoms with Gasteiger partial charge in [-0.1, -0.05) is 11.2 Å². The molecule has 0 aliphatic carbocycles. The lowest BCUT2D eigenvalue weighted by molar-refractivity contribution is 0.588. The summed E-state index contributed by atoms with van der Waals surface area (Å²) in [7, 11) is 0. The minimum Gasteiger partial charge on any atom is -0.402 e. The molecule has 2 aromatic heterocycles. The number of aromatic amines is 1. The summed E-state index contributed by atoms with van der Waals surface area (Å²) in [5.41, 5.74) is 6.53. The molecule has 0 aliphatic rings. The zero-order valence-electron chi connectivity index (χ0n) is 8.07. The molecule has 80 valence electrons. The number of hydrogen-bond donors (Lipinski definition) is 2. The summed E-state index contributed by atoms with van der Waals surface area (Å²) in [4.78, 5) is 2.97. The van der Waals surface area contributed by atoms with Crippen LogP contribution < -0.4 is 5.73 Å². The van der Waals surface area contributed by atoms with Crippen LogP contribution in [0.2, 0.25) is 0 Å². The van der Waals surface area contributed by atoms with E-state index in [0.717, 1.165) is 0 Å². The van der Waals surface area contributed by atoms with Gasteiger partial charge in [-0.3, -0.25) is 0 Å². The van der Waals surface area contributed by atoms with E-state index in [1.54, 1.807) is 18.2 Å². The number of benzene rings is 1. The van der Waals surface area contributed by atoms with Crippen LogP contribution in [-0.2, 0) is 0 Å². The summed E-state index contributed by atoms with van der Waals surface area (Å²) >= 11 is 0. The number of nitrogen functional groups attached to an aromatic ring is 1. The molecule has 3 N–H and O–H groups in total. The van der Waals surface area contributed by atoms with E-state index in [-0.39, 0.29) is 17.7 Å². The highest BCUT2D eigenvalue weighted by atomic mass is 19.1. The predicted molar refractivity (Wildman–Crippen MR) is 56.0 cm³/mol. The van der Waals surface area contributed by atoms with Crippen molar-refractivity contribution in [3.05, 3.63) is 30.1 Å². The fourth-order valence-electron chi connectivity index (χ4n) is 1.58. The number of fused-ring (bicyclic) bond motifs is 1. The highest BCUT2D eigenvalue weighted by Crippen LogP contribution is 2.25. The third-order valence-corrected chi connectivity index (χ3v) is 2.28. The summed E-state index contributed by atoms with van der Waals surface area (Å²) in [5, 5.41) is 7.73. The SMILES string of the molecule is Nc1nnc(-c2cc3c(F)cccc3[nH]2)o1. The molecule has 0 bridgehead atoms. The van der Waals surface area contributed by atoms with Gasteiger partial charge in [0.2, 0.25) is 0 Å². The average Bonchev–Trinajstić information content (AvgIpc) is 2.84. The van der Waals surface area contributed by atoms with Crippen molar-refractivity contribution < 1.29 is 8.81 Å². The summed E-state index contributed by atoms with van der Waals surface area (Å²) < 4.78 is 18.4. The van der Waals surface area contributed by atoms with Crippen molar-refractivity contribution >= 4 is 16.9 Å². The molecule has 0 aliphatic heterocycles. The molecule has 0 amide bonds. The molecule has 0 saturated carbocycles. The second-order valence-corrected chi connectivity index (χ2v) is 3.33. The molecule has 0 unspecified atom stereocenters. The third kappa shape index (κ3) is 1.23. The van der Waals surface area contributed by atoms with Crippen LogP contribution in [-0.4, -0.2) is 15.2 Å². The van der Waals surface area contributed by atoms with Gasteiger partial charge in [0.1, 0.15) is 11.5 Å². The number of nitrogens with zero attached hydrogens (tertiary/aromatic N) is 2. The van der Waals surface area contributed by atoms with Crippen molar-refractivity contribution in [3.8, 4) is 11.6 Å². The van der Waals surface area contributed by atoms with Crippen molar-refractivity contribution in [1.82, 2.24) is 15.2 Å². The average molecular weight is 218 g/mol. The largest absolute Gasteiger partial charge is 0.402 e. The highest BCUT2D eigenvalue weighted by molar-refractivity contribution is 5.84. The zero-order valence-corrected chi connectivity index (χ0v) is 8.07. The van der Waals surface area contributed by atoms with Crippen molar-refractivity contribution in [2.45, 2.75) is 0 Å². The molecule has 0 radical (unpaired) electrons. The fraction of sp³-hybridized carbons (Fsp3) is 0. The molecular weight excluding hydrogens is 211 g/mol. The summed E-state index contributed by atoms with van der Waals surface area (Å²) in [6.45, 7) is 0. The second-order valence-electron chi connectivity index (χ2n) is 3.33. The van der Waals surface area contributed by atoms with Gasteiger partial charge < -0.3 is 15.1 Å². The Balaban J connectivity index is 2.22. The van der Waals surface area contributed by atoms with Gasteiger partial charge in [-0.15, -0.1) is 5.10 Å². The predicted octanol–water partition coefficient (Wildman–Crippen LogP) is 1.94. The summed E-state index contributed by atoms with van der Waals surface area (Å²) in [6.07, 6.45) is 0. The Morgan fingerprint density at radius 3 is 2.88 bits per heavy atom. The van der Waals surface area contributed by atoms with Gasteiger partial charge in [-0.2, -0.15) is 0 Å². The first-order valence-electron chi connectivity index (χ1n) is 4.60. The second kappa shape index (κ2) is 3.06. The van der Waals surface area contributed by atoms with E-state index in [4.69, 9.17) is 10.2 Å². The van der Waals surface area contributed by atoms with Gasteiger partial charge in [-0.05, 0) is 18.2 Å². The molecule has 3 aromatic rings. The minimum atomic E-state index is -0.299. The van der Waals surface area contributed by atoms with E-state index in [2.05, 4.69) is 15.2 Å². The van der Waals surface area contributed by atoms with Gasteiger partial charge in [0.05, 0.1) is 0 Å². The summed E-state index contributed by atoms with van der Waals surface area (Å²) in [5.74, 6) is -0.0550. The molecule has 5 nitrogen and oxygen atoms in total. The Labute approximate surface area is 89.1 Å². The molecular formula is C10H7FN4O. The monoisotopic (exact) mass is 218 g/mol. The lowest BCUT2D eigenvalue weighted by Gasteiger charge is -1.88. The van der Waals surface area contributed by atoms with E-state index >= 15 is 0 Å². The van der Waals surface area contributed by atoms with Crippen molar-refractivity contribution in [3.63, 3.8) is 0 Å². The Bertz CT molecular complexity index is 658.